The minimum Gasteiger partial charge on any atom is -0.496 e. The Morgan fingerprint density at radius 2 is 1.70 bits per heavy atom. The number of halogens is 1. The van der Waals surface area contributed by atoms with E-state index in [0.717, 1.165) is 0 Å². The van der Waals surface area contributed by atoms with Crippen molar-refractivity contribution >= 4 is 34.5 Å². The summed E-state index contributed by atoms with van der Waals surface area (Å²) in [6.45, 7) is 0. The molecular formula is C17H11ClN2O3. The molecule has 0 radical (unpaired) electrons. The van der Waals surface area contributed by atoms with E-state index in [2.05, 4.69) is 10.6 Å². The number of hydrogen-bond donors (Lipinski definition) is 2. The van der Waals surface area contributed by atoms with Crippen LogP contribution < -0.4 is 15.4 Å². The van der Waals surface area contributed by atoms with Crippen molar-refractivity contribution in [2.24, 2.45) is 0 Å². The van der Waals surface area contributed by atoms with Gasteiger partial charge in [-0.3, -0.25) is 9.59 Å². The van der Waals surface area contributed by atoms with E-state index in [4.69, 9.17) is 16.3 Å². The summed E-state index contributed by atoms with van der Waals surface area (Å²) in [5, 5.41) is 6.42. The first-order chi connectivity index (χ1) is 11.1. The summed E-state index contributed by atoms with van der Waals surface area (Å²) in [7, 11) is 1.50. The number of Topliss-reactive ketones (excluding diaryl/α,β-unsaturated/α-hetero) is 2. The molecule has 4 rings (SSSR count). The number of methoxy groups -OCH3 is 1. The van der Waals surface area contributed by atoms with Crippen LogP contribution in [0.15, 0.2) is 47.8 Å². The first-order valence-corrected chi connectivity index (χ1v) is 7.33. The first kappa shape index (κ1) is 13.8. The molecule has 23 heavy (non-hydrogen) atoms. The molecule has 0 saturated carbocycles. The van der Waals surface area contributed by atoms with Crippen LogP contribution in [0.4, 0.5) is 11.4 Å². The highest BCUT2D eigenvalue weighted by Crippen LogP contribution is 2.40. The van der Waals surface area contributed by atoms with Crippen molar-refractivity contribution in [1.82, 2.24) is 0 Å². The van der Waals surface area contributed by atoms with Crippen molar-refractivity contribution < 1.29 is 14.3 Å². The van der Waals surface area contributed by atoms with Crippen molar-refractivity contribution in [3.8, 4) is 5.75 Å². The average Bonchev–Trinajstić information content (AvgIpc) is 3.07. The van der Waals surface area contributed by atoms with Gasteiger partial charge in [-0.05, 0) is 24.3 Å². The lowest BCUT2D eigenvalue weighted by molar-refractivity contribution is 0.101. The van der Waals surface area contributed by atoms with Crippen molar-refractivity contribution in [1.29, 1.82) is 0 Å². The van der Waals surface area contributed by atoms with E-state index >= 15 is 0 Å². The highest BCUT2D eigenvalue weighted by Gasteiger charge is 2.36. The number of ketones is 2. The lowest BCUT2D eigenvalue weighted by Crippen LogP contribution is -2.13. The summed E-state index contributed by atoms with van der Waals surface area (Å²) in [5.41, 5.74) is 2.44. The summed E-state index contributed by atoms with van der Waals surface area (Å²) in [5.74, 6) is -0.0704. The van der Waals surface area contributed by atoms with Crippen LogP contribution in [-0.2, 0) is 0 Å². The van der Waals surface area contributed by atoms with Crippen LogP contribution in [-0.4, -0.2) is 18.7 Å². The molecule has 6 heteroatoms. The fourth-order valence-corrected chi connectivity index (χ4v) is 3.09. The maximum absolute atomic E-state index is 12.7. The van der Waals surface area contributed by atoms with Crippen LogP contribution in [0, 0.1) is 0 Å². The molecule has 2 aromatic rings. The SMILES string of the molecule is COc1cccc2c1C(=O)C(=C1Nc3c(Cl)cccc3C1=O)N2. The minimum absolute atomic E-state index is 0.205. The molecule has 0 aliphatic carbocycles. The van der Waals surface area contributed by atoms with Crippen LogP contribution in [0.2, 0.25) is 5.02 Å². The van der Waals surface area contributed by atoms with Gasteiger partial charge in [0, 0.05) is 5.56 Å². The molecule has 2 heterocycles. The second-order valence-electron chi connectivity index (χ2n) is 5.20. The lowest BCUT2D eigenvalue weighted by atomic mass is 10.1. The standard InChI is InChI=1S/C17H11ClN2O3/c1-23-11-7-3-6-10-12(11)17(22)15(19-10)14-16(21)8-4-2-5-9(18)13(8)20-14/h2-7,19-20H,1H3. The summed E-state index contributed by atoms with van der Waals surface area (Å²) in [6.07, 6.45) is 0. The minimum atomic E-state index is -0.280. The van der Waals surface area contributed by atoms with Gasteiger partial charge in [0.2, 0.25) is 11.6 Å². The van der Waals surface area contributed by atoms with Gasteiger partial charge in [-0.15, -0.1) is 0 Å². The number of carbonyl (C=O) groups excluding carboxylic acids is 2. The zero-order valence-corrected chi connectivity index (χ0v) is 12.8. The van der Waals surface area contributed by atoms with Crippen molar-refractivity contribution in [3.05, 3.63) is 63.9 Å². The molecule has 0 bridgehead atoms. The normalized spacial score (nSPS) is 18.3. The molecule has 2 aliphatic rings. The highest BCUT2D eigenvalue weighted by molar-refractivity contribution is 6.37. The number of anilines is 2. The zero-order valence-electron chi connectivity index (χ0n) is 12.1. The fraction of sp³-hybridized carbons (Fsp3) is 0.0588. The van der Waals surface area contributed by atoms with Crippen molar-refractivity contribution in [2.45, 2.75) is 0 Å². The van der Waals surface area contributed by atoms with Gasteiger partial charge in [0.25, 0.3) is 0 Å². The maximum atomic E-state index is 12.7. The summed E-state index contributed by atoms with van der Waals surface area (Å²) < 4.78 is 5.24. The average molecular weight is 327 g/mol. The molecule has 2 aliphatic heterocycles. The molecule has 0 spiro atoms. The van der Waals surface area contributed by atoms with E-state index < -0.39 is 0 Å². The third-order valence-corrected chi connectivity index (χ3v) is 4.26. The largest absolute Gasteiger partial charge is 0.496 e. The van der Waals surface area contributed by atoms with Gasteiger partial charge < -0.3 is 15.4 Å². The molecule has 114 valence electrons. The first-order valence-electron chi connectivity index (χ1n) is 6.95. The molecule has 0 amide bonds. The summed E-state index contributed by atoms with van der Waals surface area (Å²) in [4.78, 5) is 25.3. The Kier molecular flexibility index (Phi) is 2.92. The molecular weight excluding hydrogens is 316 g/mol. The van der Waals surface area contributed by atoms with Gasteiger partial charge in [0.05, 0.1) is 29.1 Å². The topological polar surface area (TPSA) is 67.4 Å². The predicted octanol–water partition coefficient (Wildman–Crippen LogP) is 3.48. The number of ether oxygens (including phenoxy) is 1. The predicted molar refractivity (Wildman–Crippen MR) is 87.4 cm³/mol. The smallest absolute Gasteiger partial charge is 0.217 e. The Hall–Kier alpha value is -2.79. The van der Waals surface area contributed by atoms with Gasteiger partial charge in [0.1, 0.15) is 17.1 Å². The lowest BCUT2D eigenvalue weighted by Gasteiger charge is -2.04. The number of hydrogen-bond acceptors (Lipinski definition) is 5. The number of carbonyl (C=O) groups is 2. The van der Waals surface area contributed by atoms with Crippen molar-refractivity contribution in [2.75, 3.05) is 17.7 Å². The quantitative estimate of drug-likeness (QED) is 0.785. The second-order valence-corrected chi connectivity index (χ2v) is 5.61. The van der Waals surface area contributed by atoms with E-state index in [1.165, 1.54) is 7.11 Å². The van der Waals surface area contributed by atoms with Crippen LogP contribution in [0.25, 0.3) is 0 Å². The van der Waals surface area contributed by atoms with E-state index in [1.54, 1.807) is 36.4 Å². The number of allylic oxidation sites excluding steroid dienone is 2. The Bertz CT molecular complexity index is 918. The monoisotopic (exact) mass is 326 g/mol. The summed E-state index contributed by atoms with van der Waals surface area (Å²) >= 11 is 6.12. The van der Waals surface area contributed by atoms with E-state index in [9.17, 15) is 9.59 Å². The molecule has 0 atom stereocenters. The summed E-state index contributed by atoms with van der Waals surface area (Å²) in [6, 6.07) is 10.3. The van der Waals surface area contributed by atoms with E-state index in [0.29, 0.717) is 33.3 Å². The van der Waals surface area contributed by atoms with Crippen LogP contribution in [0.1, 0.15) is 20.7 Å². The van der Waals surface area contributed by atoms with Gasteiger partial charge in [0.15, 0.2) is 0 Å². The van der Waals surface area contributed by atoms with Gasteiger partial charge in [-0.1, -0.05) is 23.7 Å². The van der Waals surface area contributed by atoms with Gasteiger partial charge >= 0.3 is 0 Å². The molecule has 2 N–H and O–H groups in total. The third kappa shape index (κ3) is 1.87. The van der Waals surface area contributed by atoms with Crippen LogP contribution in [0.5, 0.6) is 5.75 Å². The second kappa shape index (κ2) is 4.86. The molecule has 0 fully saturated rings. The number of para-hydroxylation sites is 1. The van der Waals surface area contributed by atoms with Crippen LogP contribution >= 0.6 is 11.6 Å². The molecule has 2 aromatic carbocycles. The van der Waals surface area contributed by atoms with Gasteiger partial charge in [-0.2, -0.15) is 0 Å². The molecule has 0 unspecified atom stereocenters. The zero-order chi connectivity index (χ0) is 16.1. The van der Waals surface area contributed by atoms with Crippen LogP contribution in [0.3, 0.4) is 0 Å². The Balaban J connectivity index is 1.85. The Morgan fingerprint density at radius 3 is 2.43 bits per heavy atom. The van der Waals surface area contributed by atoms with E-state index in [1.807, 2.05) is 0 Å². The number of rotatable bonds is 1. The Morgan fingerprint density at radius 1 is 0.957 bits per heavy atom. The van der Waals surface area contributed by atoms with Gasteiger partial charge in [-0.25, -0.2) is 0 Å². The Labute approximate surface area is 136 Å². The number of nitrogens with one attached hydrogen (secondary N) is 2. The fourth-order valence-electron chi connectivity index (χ4n) is 2.86. The number of benzene rings is 2. The number of fused-ring (bicyclic) bond motifs is 2. The third-order valence-electron chi connectivity index (χ3n) is 3.95. The van der Waals surface area contributed by atoms with E-state index in [-0.39, 0.29) is 23.0 Å². The molecule has 5 nitrogen and oxygen atoms in total. The maximum Gasteiger partial charge on any atom is 0.217 e. The molecule has 0 saturated heterocycles. The molecule has 0 aromatic heterocycles. The van der Waals surface area contributed by atoms with Crippen molar-refractivity contribution in [3.63, 3.8) is 0 Å². The highest BCUT2D eigenvalue weighted by atomic mass is 35.5.